The maximum absolute atomic E-state index is 6.35. The van der Waals surface area contributed by atoms with Gasteiger partial charge in [-0.05, 0) is 52.0 Å². The normalized spacial score (nSPS) is 11.4. The van der Waals surface area contributed by atoms with Gasteiger partial charge in [-0.3, -0.25) is 0 Å². The van der Waals surface area contributed by atoms with Crippen LogP contribution in [0.25, 0.3) is 20.9 Å². The molecular formula is C36H52O10S. The number of methoxy groups -OCH3 is 4. The number of ether oxygens (including phenoxy) is 10. The summed E-state index contributed by atoms with van der Waals surface area (Å²) in [6.07, 6.45) is -0.101. The van der Waals surface area contributed by atoms with Crippen molar-refractivity contribution in [3.05, 3.63) is 47.5 Å². The maximum atomic E-state index is 6.35. The van der Waals surface area contributed by atoms with Crippen LogP contribution in [-0.2, 0) is 41.6 Å². The third-order valence-electron chi connectivity index (χ3n) is 6.81. The molecule has 0 atom stereocenters. The largest absolute Gasteiger partial charge is 0.496 e. The van der Waals surface area contributed by atoms with E-state index in [2.05, 4.69) is 0 Å². The van der Waals surface area contributed by atoms with Crippen molar-refractivity contribution < 1.29 is 47.4 Å². The van der Waals surface area contributed by atoms with E-state index in [4.69, 9.17) is 47.4 Å². The van der Waals surface area contributed by atoms with Gasteiger partial charge in [0.05, 0.1) is 104 Å². The molecule has 262 valence electrons. The van der Waals surface area contributed by atoms with Crippen molar-refractivity contribution in [2.24, 2.45) is 0 Å². The highest BCUT2D eigenvalue weighted by Crippen LogP contribution is 2.52. The van der Waals surface area contributed by atoms with E-state index in [1.165, 1.54) is 0 Å². The zero-order valence-electron chi connectivity index (χ0n) is 29.2. The zero-order chi connectivity index (χ0) is 34.0. The van der Waals surface area contributed by atoms with E-state index in [0.29, 0.717) is 89.1 Å². The van der Waals surface area contributed by atoms with Crippen molar-refractivity contribution in [3.8, 4) is 43.9 Å². The fraction of sp³-hybridized carbons (Fsp3) is 0.556. The summed E-state index contributed by atoms with van der Waals surface area (Å²) in [4.78, 5) is 1.90. The number of hydrogen-bond donors (Lipinski definition) is 0. The van der Waals surface area contributed by atoms with Crippen LogP contribution in [0.1, 0.15) is 38.8 Å². The molecule has 0 saturated carbocycles. The molecule has 0 fully saturated rings. The number of thiophene rings is 1. The van der Waals surface area contributed by atoms with E-state index < -0.39 is 0 Å². The Hall–Kier alpha value is -2.90. The zero-order valence-corrected chi connectivity index (χ0v) is 30.0. The molecule has 11 heteroatoms. The maximum Gasteiger partial charge on any atom is 0.132 e. The summed E-state index contributed by atoms with van der Waals surface area (Å²) in [5.41, 5.74) is 3.61. The van der Waals surface area contributed by atoms with Gasteiger partial charge in [-0.2, -0.15) is 0 Å². The van der Waals surface area contributed by atoms with E-state index in [0.717, 1.165) is 32.0 Å². The second-order valence-corrected chi connectivity index (χ2v) is 12.1. The minimum Gasteiger partial charge on any atom is -0.496 e. The minimum atomic E-state index is -0.0505. The SMILES string of the molecule is COCCOCCOCc1c(-c2c(OC)cccc2OC(C)C)sc(-c2c(OC)cccc2OC(C)C)c1COCCOCCOC. The van der Waals surface area contributed by atoms with E-state index in [1.807, 2.05) is 64.1 Å². The average molecular weight is 677 g/mol. The van der Waals surface area contributed by atoms with Gasteiger partial charge in [0, 0.05) is 35.1 Å². The second kappa shape index (κ2) is 21.1. The van der Waals surface area contributed by atoms with Crippen LogP contribution in [0.2, 0.25) is 0 Å². The van der Waals surface area contributed by atoms with Crippen LogP contribution in [0.3, 0.4) is 0 Å². The highest BCUT2D eigenvalue weighted by Gasteiger charge is 2.29. The Kier molecular flexibility index (Phi) is 17.3. The summed E-state index contributed by atoms with van der Waals surface area (Å²) >= 11 is 1.61. The lowest BCUT2D eigenvalue weighted by Gasteiger charge is -2.18. The molecule has 0 aliphatic carbocycles. The first-order chi connectivity index (χ1) is 22.9. The van der Waals surface area contributed by atoms with Crippen LogP contribution in [0, 0.1) is 0 Å². The van der Waals surface area contributed by atoms with Gasteiger partial charge >= 0.3 is 0 Å². The lowest BCUT2D eigenvalue weighted by molar-refractivity contribution is 0.0159. The molecule has 1 heterocycles. The van der Waals surface area contributed by atoms with Crippen molar-refractivity contribution in [2.75, 3.05) is 81.3 Å². The monoisotopic (exact) mass is 676 g/mol. The first-order valence-electron chi connectivity index (χ1n) is 16.0. The molecule has 3 rings (SSSR count). The number of benzene rings is 2. The van der Waals surface area contributed by atoms with Gasteiger partial charge in [-0.25, -0.2) is 0 Å². The molecule has 2 aromatic carbocycles. The molecule has 0 radical (unpaired) electrons. The summed E-state index contributed by atoms with van der Waals surface area (Å²) in [6, 6.07) is 11.7. The lowest BCUT2D eigenvalue weighted by Crippen LogP contribution is -2.11. The van der Waals surface area contributed by atoms with E-state index in [9.17, 15) is 0 Å². The van der Waals surface area contributed by atoms with Gasteiger partial charge < -0.3 is 47.4 Å². The Morgan fingerprint density at radius 2 is 0.851 bits per heavy atom. The summed E-state index contributed by atoms with van der Waals surface area (Å²) in [6.45, 7) is 12.4. The molecule has 0 saturated heterocycles. The molecule has 47 heavy (non-hydrogen) atoms. The Morgan fingerprint density at radius 1 is 0.489 bits per heavy atom. The Balaban J connectivity index is 2.20. The lowest BCUT2D eigenvalue weighted by atomic mass is 10.00. The molecule has 0 unspecified atom stereocenters. The third kappa shape index (κ3) is 11.6. The first kappa shape index (κ1) is 38.5. The number of hydrogen-bond acceptors (Lipinski definition) is 11. The summed E-state index contributed by atoms with van der Waals surface area (Å²) < 4.78 is 58.6. The molecule has 1 aromatic heterocycles. The molecule has 0 N–H and O–H groups in total. The van der Waals surface area contributed by atoms with Crippen molar-refractivity contribution in [3.63, 3.8) is 0 Å². The van der Waals surface area contributed by atoms with Crippen LogP contribution in [0.15, 0.2) is 36.4 Å². The molecule has 0 amide bonds. The summed E-state index contributed by atoms with van der Waals surface area (Å²) in [5, 5.41) is 0. The van der Waals surface area contributed by atoms with E-state index in [1.54, 1.807) is 39.8 Å². The third-order valence-corrected chi connectivity index (χ3v) is 8.12. The van der Waals surface area contributed by atoms with Gasteiger partial charge in [0.2, 0.25) is 0 Å². The predicted molar refractivity (Wildman–Crippen MR) is 185 cm³/mol. The quantitative estimate of drug-likeness (QED) is 0.0921. The van der Waals surface area contributed by atoms with Crippen LogP contribution >= 0.6 is 11.3 Å². The molecule has 10 nitrogen and oxygen atoms in total. The van der Waals surface area contributed by atoms with Crippen molar-refractivity contribution >= 4 is 11.3 Å². The first-order valence-corrected chi connectivity index (χ1v) is 16.8. The fourth-order valence-electron chi connectivity index (χ4n) is 4.80. The minimum absolute atomic E-state index is 0.0505. The van der Waals surface area contributed by atoms with Gasteiger partial charge in [0.1, 0.15) is 23.0 Å². The van der Waals surface area contributed by atoms with E-state index in [-0.39, 0.29) is 12.2 Å². The second-order valence-electron chi connectivity index (χ2n) is 11.0. The highest BCUT2D eigenvalue weighted by atomic mass is 32.1. The molecular weight excluding hydrogens is 624 g/mol. The van der Waals surface area contributed by atoms with Gasteiger partial charge in [-0.15, -0.1) is 11.3 Å². The molecule has 3 aromatic rings. The Labute approximate surface area is 284 Å². The van der Waals surface area contributed by atoms with Gasteiger partial charge in [0.15, 0.2) is 0 Å². The molecule has 0 aliphatic rings. The average Bonchev–Trinajstić information content (AvgIpc) is 3.39. The van der Waals surface area contributed by atoms with Crippen LogP contribution < -0.4 is 18.9 Å². The van der Waals surface area contributed by atoms with Crippen molar-refractivity contribution in [1.29, 1.82) is 0 Å². The van der Waals surface area contributed by atoms with E-state index >= 15 is 0 Å². The van der Waals surface area contributed by atoms with Gasteiger partial charge in [0.25, 0.3) is 0 Å². The summed E-state index contributed by atoms with van der Waals surface area (Å²) in [7, 11) is 6.64. The van der Waals surface area contributed by atoms with Crippen molar-refractivity contribution in [2.45, 2.75) is 53.1 Å². The smallest absolute Gasteiger partial charge is 0.132 e. The summed E-state index contributed by atoms with van der Waals surface area (Å²) in [5.74, 6) is 2.82. The Bertz CT molecular complexity index is 1230. The highest BCUT2D eigenvalue weighted by molar-refractivity contribution is 7.19. The molecule has 0 bridgehead atoms. The fourth-order valence-corrected chi connectivity index (χ4v) is 6.22. The topological polar surface area (TPSA) is 92.3 Å². The van der Waals surface area contributed by atoms with Crippen LogP contribution in [0.4, 0.5) is 0 Å². The number of rotatable bonds is 24. The van der Waals surface area contributed by atoms with Gasteiger partial charge in [-0.1, -0.05) is 12.1 Å². The standard InChI is InChI=1S/C36H52O10S/c1-25(2)45-31-13-9-11-29(39-7)33(31)35-27(23-43-21-19-41-17-15-37-5)28(24-44-22-20-42-18-16-38-6)36(47-35)34-30(40-8)12-10-14-32(34)46-26(3)4/h9-14,25-26H,15-24H2,1-8H3. The molecule has 0 spiro atoms. The Morgan fingerprint density at radius 3 is 1.21 bits per heavy atom. The van der Waals surface area contributed by atoms with Crippen LogP contribution in [-0.4, -0.2) is 93.5 Å². The molecule has 0 aliphatic heterocycles. The predicted octanol–water partition coefficient (Wildman–Crippen LogP) is 7.03. The van der Waals surface area contributed by atoms with Crippen molar-refractivity contribution in [1.82, 2.24) is 0 Å². The van der Waals surface area contributed by atoms with Crippen LogP contribution in [0.5, 0.6) is 23.0 Å².